The summed E-state index contributed by atoms with van der Waals surface area (Å²) in [6.07, 6.45) is 6.31. The van der Waals surface area contributed by atoms with Gasteiger partial charge < -0.3 is 10.6 Å². The molecule has 1 unspecified atom stereocenters. The molecule has 0 aliphatic heterocycles. The highest BCUT2D eigenvalue weighted by Crippen LogP contribution is 2.25. The number of carbonyl (C=O) groups is 2. The maximum Gasteiger partial charge on any atom is 0.313 e. The highest BCUT2D eigenvalue weighted by molar-refractivity contribution is 6.40. The van der Waals surface area contributed by atoms with E-state index in [4.69, 9.17) is 0 Å². The van der Waals surface area contributed by atoms with Crippen molar-refractivity contribution >= 4 is 28.4 Å². The Bertz CT molecular complexity index is 1040. The topological polar surface area (TPSA) is 71.1 Å². The third-order valence-corrected chi connectivity index (χ3v) is 5.31. The molecule has 1 atom stereocenters. The summed E-state index contributed by atoms with van der Waals surface area (Å²) in [5.41, 5.74) is 4.97. The number of anilines is 1. The van der Waals surface area contributed by atoms with Crippen LogP contribution < -0.4 is 10.6 Å². The van der Waals surface area contributed by atoms with Gasteiger partial charge in [0.15, 0.2) is 0 Å². The molecule has 2 aromatic carbocycles. The summed E-state index contributed by atoms with van der Waals surface area (Å²) in [5.74, 6) is -1.35. The molecule has 0 fully saturated rings. The molecule has 2 amide bonds. The second-order valence-corrected chi connectivity index (χ2v) is 7.27. The largest absolute Gasteiger partial charge is 0.341 e. The number of carbonyl (C=O) groups excluding carboxylic acids is 2. The summed E-state index contributed by atoms with van der Waals surface area (Å²) in [4.78, 5) is 29.1. The van der Waals surface area contributed by atoms with Crippen molar-refractivity contribution in [3.8, 4) is 0 Å². The molecule has 5 heteroatoms. The van der Waals surface area contributed by atoms with Gasteiger partial charge in [-0.1, -0.05) is 36.4 Å². The Kier molecular flexibility index (Phi) is 5.06. The molecule has 4 rings (SSSR count). The third kappa shape index (κ3) is 3.74. The van der Waals surface area contributed by atoms with Gasteiger partial charge in [0, 0.05) is 11.6 Å². The quantitative estimate of drug-likeness (QED) is 0.684. The highest BCUT2D eigenvalue weighted by Gasteiger charge is 2.19. The molecule has 0 saturated carbocycles. The van der Waals surface area contributed by atoms with E-state index >= 15 is 0 Å². The van der Waals surface area contributed by atoms with Crippen molar-refractivity contribution in [2.45, 2.75) is 38.6 Å². The first-order chi connectivity index (χ1) is 13.6. The van der Waals surface area contributed by atoms with E-state index in [9.17, 15) is 9.59 Å². The summed E-state index contributed by atoms with van der Waals surface area (Å²) in [6.45, 7) is 1.90. The van der Waals surface area contributed by atoms with Crippen LogP contribution in [-0.2, 0) is 22.4 Å². The van der Waals surface area contributed by atoms with E-state index in [0.29, 0.717) is 11.2 Å². The van der Waals surface area contributed by atoms with Gasteiger partial charge in [0.1, 0.15) is 0 Å². The highest BCUT2D eigenvalue weighted by atomic mass is 16.2. The predicted octanol–water partition coefficient (Wildman–Crippen LogP) is 3.93. The monoisotopic (exact) mass is 373 g/mol. The van der Waals surface area contributed by atoms with E-state index in [2.05, 4.69) is 27.8 Å². The molecule has 1 aliphatic carbocycles. The number of nitrogens with zero attached hydrogens (tertiary/aromatic N) is 1. The molecule has 142 valence electrons. The molecular weight excluding hydrogens is 350 g/mol. The fraction of sp³-hybridized carbons (Fsp3) is 0.261. The SMILES string of the molecule is CC(NC(=O)C(=O)Nc1cccc2cccnc12)c1ccc2c(c1)CCCC2. The molecule has 0 spiro atoms. The fourth-order valence-corrected chi connectivity index (χ4v) is 3.75. The lowest BCUT2D eigenvalue weighted by molar-refractivity contribution is -0.136. The number of aryl methyl sites for hydroxylation is 2. The Balaban J connectivity index is 1.45. The van der Waals surface area contributed by atoms with Gasteiger partial charge >= 0.3 is 11.8 Å². The van der Waals surface area contributed by atoms with Crippen LogP contribution in [0.3, 0.4) is 0 Å². The Morgan fingerprint density at radius 3 is 2.61 bits per heavy atom. The van der Waals surface area contributed by atoms with Crippen LogP contribution in [0.4, 0.5) is 5.69 Å². The van der Waals surface area contributed by atoms with Gasteiger partial charge in [0.05, 0.1) is 17.2 Å². The standard InChI is InChI=1S/C23H23N3O2/c1-15(18-12-11-16-6-2-3-7-19(16)14-18)25-22(27)23(28)26-20-10-4-8-17-9-5-13-24-21(17)20/h4-5,8-15H,2-3,6-7H2,1H3,(H,25,27)(H,26,28). The minimum absolute atomic E-state index is 0.240. The van der Waals surface area contributed by atoms with Crippen molar-refractivity contribution < 1.29 is 9.59 Å². The number of nitrogens with one attached hydrogen (secondary N) is 2. The number of hydrogen-bond donors (Lipinski definition) is 2. The van der Waals surface area contributed by atoms with Crippen molar-refractivity contribution in [1.29, 1.82) is 0 Å². The summed E-state index contributed by atoms with van der Waals surface area (Å²) in [7, 11) is 0. The number of hydrogen-bond acceptors (Lipinski definition) is 3. The number of pyridine rings is 1. The van der Waals surface area contributed by atoms with E-state index in [-0.39, 0.29) is 6.04 Å². The fourth-order valence-electron chi connectivity index (χ4n) is 3.75. The molecule has 1 aromatic heterocycles. The maximum atomic E-state index is 12.4. The lowest BCUT2D eigenvalue weighted by Gasteiger charge is -2.20. The van der Waals surface area contributed by atoms with E-state index in [1.807, 2.05) is 37.3 Å². The Labute approximate surface area is 164 Å². The third-order valence-electron chi connectivity index (χ3n) is 5.31. The van der Waals surface area contributed by atoms with Gasteiger partial charge in [0.2, 0.25) is 0 Å². The molecule has 0 radical (unpaired) electrons. The van der Waals surface area contributed by atoms with Crippen LogP contribution in [0, 0.1) is 0 Å². The summed E-state index contributed by atoms with van der Waals surface area (Å²) in [5, 5.41) is 6.38. The Morgan fingerprint density at radius 2 is 1.75 bits per heavy atom. The van der Waals surface area contributed by atoms with E-state index in [0.717, 1.165) is 23.8 Å². The maximum absolute atomic E-state index is 12.4. The molecule has 2 N–H and O–H groups in total. The van der Waals surface area contributed by atoms with Gasteiger partial charge in [-0.25, -0.2) is 0 Å². The van der Waals surface area contributed by atoms with Crippen LogP contribution in [0.2, 0.25) is 0 Å². The Hall–Kier alpha value is -3.21. The lowest BCUT2D eigenvalue weighted by Crippen LogP contribution is -2.37. The molecular formula is C23H23N3O2. The van der Waals surface area contributed by atoms with E-state index in [1.54, 1.807) is 12.3 Å². The van der Waals surface area contributed by atoms with Crippen molar-refractivity contribution in [2.75, 3.05) is 5.32 Å². The summed E-state index contributed by atoms with van der Waals surface area (Å²) >= 11 is 0. The molecule has 1 heterocycles. The average molecular weight is 373 g/mol. The van der Waals surface area contributed by atoms with Crippen molar-refractivity contribution in [2.24, 2.45) is 0 Å². The first-order valence-corrected chi connectivity index (χ1v) is 9.69. The molecule has 28 heavy (non-hydrogen) atoms. The van der Waals surface area contributed by atoms with Gasteiger partial charge in [-0.2, -0.15) is 0 Å². The number of fused-ring (bicyclic) bond motifs is 2. The molecule has 1 aliphatic rings. The zero-order valence-corrected chi connectivity index (χ0v) is 15.9. The molecule has 5 nitrogen and oxygen atoms in total. The van der Waals surface area contributed by atoms with Gasteiger partial charge in [-0.15, -0.1) is 0 Å². The number of aromatic nitrogens is 1. The number of benzene rings is 2. The van der Waals surface area contributed by atoms with Crippen LogP contribution in [0.5, 0.6) is 0 Å². The minimum Gasteiger partial charge on any atom is -0.341 e. The van der Waals surface area contributed by atoms with Crippen molar-refractivity contribution in [3.05, 3.63) is 71.4 Å². The zero-order chi connectivity index (χ0) is 19.5. The normalized spacial score (nSPS) is 14.2. The Morgan fingerprint density at radius 1 is 0.964 bits per heavy atom. The van der Waals surface area contributed by atoms with Gasteiger partial charge in [-0.3, -0.25) is 14.6 Å². The first-order valence-electron chi connectivity index (χ1n) is 9.69. The van der Waals surface area contributed by atoms with Crippen LogP contribution in [0.25, 0.3) is 10.9 Å². The summed E-state index contributed by atoms with van der Waals surface area (Å²) < 4.78 is 0. The molecule has 0 saturated heterocycles. The van der Waals surface area contributed by atoms with Gasteiger partial charge in [0.25, 0.3) is 0 Å². The van der Waals surface area contributed by atoms with Crippen molar-refractivity contribution in [1.82, 2.24) is 10.3 Å². The number of amides is 2. The van der Waals surface area contributed by atoms with Crippen LogP contribution >= 0.6 is 0 Å². The predicted molar refractivity (Wildman–Crippen MR) is 110 cm³/mol. The first kappa shape index (κ1) is 18.2. The number of rotatable bonds is 3. The van der Waals surface area contributed by atoms with E-state index in [1.165, 1.54) is 24.0 Å². The summed E-state index contributed by atoms with van der Waals surface area (Å²) in [6, 6.07) is 15.3. The second-order valence-electron chi connectivity index (χ2n) is 7.27. The smallest absolute Gasteiger partial charge is 0.313 e. The lowest BCUT2D eigenvalue weighted by atomic mass is 9.89. The van der Waals surface area contributed by atoms with E-state index < -0.39 is 11.8 Å². The zero-order valence-electron chi connectivity index (χ0n) is 15.9. The van der Waals surface area contributed by atoms with Crippen LogP contribution in [-0.4, -0.2) is 16.8 Å². The average Bonchev–Trinajstić information content (AvgIpc) is 2.73. The van der Waals surface area contributed by atoms with Crippen LogP contribution in [0.15, 0.2) is 54.7 Å². The molecule has 0 bridgehead atoms. The number of para-hydroxylation sites is 1. The minimum atomic E-state index is -0.692. The second kappa shape index (κ2) is 7.80. The van der Waals surface area contributed by atoms with Crippen LogP contribution in [0.1, 0.15) is 42.5 Å². The molecule has 3 aromatic rings. The van der Waals surface area contributed by atoms with Gasteiger partial charge in [-0.05, 0) is 61.4 Å². The van der Waals surface area contributed by atoms with Crippen molar-refractivity contribution in [3.63, 3.8) is 0 Å².